The fraction of sp³-hybridized carbons (Fsp3) is 0.846. The lowest BCUT2D eigenvalue weighted by Gasteiger charge is -2.08. The number of hydrogen-bond acceptors (Lipinski definition) is 4. The summed E-state index contributed by atoms with van der Waals surface area (Å²) in [5, 5.41) is 0. The second-order valence-corrected chi connectivity index (χ2v) is 3.95. The highest BCUT2D eigenvalue weighted by atomic mass is 16.5. The minimum atomic E-state index is -0.125. The van der Waals surface area contributed by atoms with Gasteiger partial charge in [-0.3, -0.25) is 9.59 Å². The lowest BCUT2D eigenvalue weighted by atomic mass is 10.3. The molecule has 0 saturated carbocycles. The fourth-order valence-corrected chi connectivity index (χ4v) is 0.737. The Hall–Kier alpha value is -1.06. The third-order valence-corrected chi connectivity index (χ3v) is 1.85. The summed E-state index contributed by atoms with van der Waals surface area (Å²) in [5.74, 6) is -0.232. The molecule has 102 valence electrons. The molecule has 17 heavy (non-hydrogen) atoms. The maximum absolute atomic E-state index is 10.6. The van der Waals surface area contributed by atoms with Gasteiger partial charge in [0.2, 0.25) is 0 Å². The molecule has 1 atom stereocenters. The van der Waals surface area contributed by atoms with Crippen LogP contribution in [0.5, 0.6) is 0 Å². The van der Waals surface area contributed by atoms with Crippen molar-refractivity contribution in [2.45, 2.75) is 73.0 Å². The first-order valence-corrected chi connectivity index (χ1v) is 6.26. The molecule has 4 heteroatoms. The lowest BCUT2D eigenvalue weighted by Crippen LogP contribution is -2.12. The minimum Gasteiger partial charge on any atom is -0.463 e. The van der Waals surface area contributed by atoms with Crippen molar-refractivity contribution in [3.8, 4) is 0 Å². The van der Waals surface area contributed by atoms with Gasteiger partial charge in [0, 0.05) is 12.8 Å². The summed E-state index contributed by atoms with van der Waals surface area (Å²) in [6.45, 7) is 11.2. The van der Waals surface area contributed by atoms with Crippen molar-refractivity contribution in [3.63, 3.8) is 0 Å². The van der Waals surface area contributed by atoms with E-state index in [2.05, 4.69) is 0 Å². The van der Waals surface area contributed by atoms with Gasteiger partial charge in [-0.15, -0.1) is 0 Å². The van der Waals surface area contributed by atoms with Gasteiger partial charge in [0.15, 0.2) is 0 Å². The van der Waals surface area contributed by atoms with Gasteiger partial charge < -0.3 is 9.47 Å². The van der Waals surface area contributed by atoms with Crippen LogP contribution in [0.2, 0.25) is 0 Å². The third kappa shape index (κ3) is 14.9. The Labute approximate surface area is 105 Å². The van der Waals surface area contributed by atoms with E-state index in [1.165, 1.54) is 0 Å². The van der Waals surface area contributed by atoms with E-state index in [0.717, 1.165) is 6.42 Å². The van der Waals surface area contributed by atoms with Gasteiger partial charge in [-0.1, -0.05) is 20.8 Å². The van der Waals surface area contributed by atoms with Crippen molar-refractivity contribution in [2.75, 3.05) is 0 Å². The van der Waals surface area contributed by atoms with E-state index in [1.807, 2.05) is 27.7 Å². The van der Waals surface area contributed by atoms with E-state index in [0.29, 0.717) is 12.8 Å². The van der Waals surface area contributed by atoms with Gasteiger partial charge in [0.25, 0.3) is 0 Å². The molecule has 0 bridgehead atoms. The Morgan fingerprint density at radius 2 is 1.29 bits per heavy atom. The molecule has 0 saturated heterocycles. The summed E-state index contributed by atoms with van der Waals surface area (Å²) >= 11 is 0. The molecule has 0 spiro atoms. The molecule has 0 aliphatic heterocycles. The van der Waals surface area contributed by atoms with Crippen molar-refractivity contribution in [2.24, 2.45) is 0 Å². The Balaban J connectivity index is 0. The Morgan fingerprint density at radius 3 is 1.53 bits per heavy atom. The van der Waals surface area contributed by atoms with Gasteiger partial charge in [0.1, 0.15) is 0 Å². The van der Waals surface area contributed by atoms with E-state index in [1.54, 1.807) is 13.8 Å². The minimum absolute atomic E-state index is 0.0300. The standard InChI is InChI=1S/C7H14O2.C6H12O2/c1-4-6(3)9-7(8)5-2;1-4-6(7)8-5(2)3/h6H,4-5H2,1-3H3;5H,4H2,1-3H3. The molecule has 0 aromatic heterocycles. The van der Waals surface area contributed by atoms with Crippen molar-refractivity contribution < 1.29 is 19.1 Å². The maximum atomic E-state index is 10.6. The highest BCUT2D eigenvalue weighted by molar-refractivity contribution is 5.69. The molecule has 0 radical (unpaired) electrons. The van der Waals surface area contributed by atoms with Crippen LogP contribution in [0.1, 0.15) is 60.8 Å². The first kappa shape index (κ1) is 18.3. The predicted molar refractivity (Wildman–Crippen MR) is 67.7 cm³/mol. The van der Waals surface area contributed by atoms with Gasteiger partial charge in [-0.25, -0.2) is 0 Å². The summed E-state index contributed by atoms with van der Waals surface area (Å²) in [4.78, 5) is 21.0. The fourth-order valence-electron chi connectivity index (χ4n) is 0.737. The van der Waals surface area contributed by atoms with Gasteiger partial charge >= 0.3 is 11.9 Å². The summed E-state index contributed by atoms with van der Waals surface area (Å²) in [7, 11) is 0. The zero-order valence-corrected chi connectivity index (χ0v) is 11.9. The van der Waals surface area contributed by atoms with Crippen molar-refractivity contribution in [1.29, 1.82) is 0 Å². The number of rotatable bonds is 5. The molecule has 4 nitrogen and oxygen atoms in total. The molecule has 0 heterocycles. The van der Waals surface area contributed by atoms with Crippen LogP contribution in [-0.4, -0.2) is 24.1 Å². The molecule has 0 fully saturated rings. The summed E-state index contributed by atoms with van der Waals surface area (Å²) in [6.07, 6.45) is 1.95. The van der Waals surface area contributed by atoms with Crippen LogP contribution in [0, 0.1) is 0 Å². The van der Waals surface area contributed by atoms with Crippen molar-refractivity contribution >= 4 is 11.9 Å². The van der Waals surface area contributed by atoms with Gasteiger partial charge in [-0.2, -0.15) is 0 Å². The van der Waals surface area contributed by atoms with Crippen LogP contribution < -0.4 is 0 Å². The second kappa shape index (κ2) is 11.4. The predicted octanol–water partition coefficient (Wildman–Crippen LogP) is 3.09. The van der Waals surface area contributed by atoms with Crippen LogP contribution in [-0.2, 0) is 19.1 Å². The molecule has 1 unspecified atom stereocenters. The largest absolute Gasteiger partial charge is 0.463 e. The molecule has 0 amide bonds. The normalized spacial score (nSPS) is 11.2. The van der Waals surface area contributed by atoms with E-state index >= 15 is 0 Å². The molecular formula is C13H26O4. The molecule has 0 aromatic rings. The Kier molecular flexibility index (Phi) is 12.3. The monoisotopic (exact) mass is 246 g/mol. The average molecular weight is 246 g/mol. The first-order valence-electron chi connectivity index (χ1n) is 6.26. The summed E-state index contributed by atoms with van der Waals surface area (Å²) in [5.41, 5.74) is 0. The van der Waals surface area contributed by atoms with Crippen LogP contribution in [0.25, 0.3) is 0 Å². The van der Waals surface area contributed by atoms with E-state index in [9.17, 15) is 9.59 Å². The number of hydrogen-bond donors (Lipinski definition) is 0. The molecule has 0 rings (SSSR count). The van der Waals surface area contributed by atoms with Gasteiger partial charge in [-0.05, 0) is 27.2 Å². The van der Waals surface area contributed by atoms with Crippen LogP contribution >= 0.6 is 0 Å². The topological polar surface area (TPSA) is 52.6 Å². The van der Waals surface area contributed by atoms with Crippen LogP contribution in [0.15, 0.2) is 0 Å². The molecule has 0 aliphatic carbocycles. The number of carbonyl (C=O) groups excluding carboxylic acids is 2. The van der Waals surface area contributed by atoms with Crippen LogP contribution in [0.4, 0.5) is 0 Å². The first-order chi connectivity index (χ1) is 7.87. The lowest BCUT2D eigenvalue weighted by molar-refractivity contribution is -0.148. The van der Waals surface area contributed by atoms with Crippen molar-refractivity contribution in [1.82, 2.24) is 0 Å². The average Bonchev–Trinajstić information content (AvgIpc) is 2.28. The van der Waals surface area contributed by atoms with Crippen LogP contribution in [0.3, 0.4) is 0 Å². The quantitative estimate of drug-likeness (QED) is 0.699. The molecule has 0 N–H and O–H groups in total. The van der Waals surface area contributed by atoms with E-state index in [-0.39, 0.29) is 24.1 Å². The summed E-state index contributed by atoms with van der Waals surface area (Å²) < 4.78 is 9.67. The van der Waals surface area contributed by atoms with E-state index < -0.39 is 0 Å². The second-order valence-electron chi connectivity index (χ2n) is 3.95. The highest BCUT2D eigenvalue weighted by Gasteiger charge is 2.02. The number of esters is 2. The number of ether oxygens (including phenoxy) is 2. The maximum Gasteiger partial charge on any atom is 0.305 e. The zero-order chi connectivity index (χ0) is 13.8. The molecule has 0 aliphatic rings. The third-order valence-electron chi connectivity index (χ3n) is 1.85. The molecule has 0 aromatic carbocycles. The highest BCUT2D eigenvalue weighted by Crippen LogP contribution is 1.97. The van der Waals surface area contributed by atoms with E-state index in [4.69, 9.17) is 9.47 Å². The summed E-state index contributed by atoms with van der Waals surface area (Å²) in [6, 6.07) is 0. The smallest absolute Gasteiger partial charge is 0.305 e. The SMILES string of the molecule is CCC(=O)OC(C)C.CCC(=O)OC(C)CC. The Morgan fingerprint density at radius 1 is 0.882 bits per heavy atom. The number of carbonyl (C=O) groups is 2. The zero-order valence-electron chi connectivity index (χ0n) is 11.9. The molecular weight excluding hydrogens is 220 g/mol. The van der Waals surface area contributed by atoms with Crippen molar-refractivity contribution in [3.05, 3.63) is 0 Å². The Bertz CT molecular complexity index is 211. The van der Waals surface area contributed by atoms with Gasteiger partial charge in [0.05, 0.1) is 12.2 Å².